The molecule has 0 bridgehead atoms. The fourth-order valence-corrected chi connectivity index (χ4v) is 2.62. The van der Waals surface area contributed by atoms with Crippen molar-refractivity contribution in [3.63, 3.8) is 0 Å². The van der Waals surface area contributed by atoms with Gasteiger partial charge in [0.05, 0.1) is 7.11 Å². The average Bonchev–Trinajstić information content (AvgIpc) is 2.33. The molecular formula is C13H20FNO3S. The number of hydrogen-bond acceptors (Lipinski definition) is 4. The maximum atomic E-state index is 13.6. The Morgan fingerprint density at radius 1 is 1.42 bits per heavy atom. The highest BCUT2D eigenvalue weighted by atomic mass is 32.2. The van der Waals surface area contributed by atoms with Crippen LogP contribution in [0.2, 0.25) is 0 Å². The van der Waals surface area contributed by atoms with Crippen LogP contribution in [0.25, 0.3) is 0 Å². The van der Waals surface area contributed by atoms with Crippen molar-refractivity contribution in [1.29, 1.82) is 0 Å². The molecule has 1 atom stereocenters. The molecule has 4 nitrogen and oxygen atoms in total. The van der Waals surface area contributed by atoms with Crippen LogP contribution in [0.15, 0.2) is 18.2 Å². The first-order chi connectivity index (χ1) is 8.87. The second kappa shape index (κ2) is 6.86. The van der Waals surface area contributed by atoms with E-state index >= 15 is 0 Å². The largest absolute Gasteiger partial charge is 0.494 e. The number of nitrogens with one attached hydrogen (secondary N) is 1. The molecule has 0 amide bonds. The number of rotatable bonds is 7. The number of ether oxygens (including phenoxy) is 1. The van der Waals surface area contributed by atoms with Gasteiger partial charge in [0.15, 0.2) is 11.6 Å². The van der Waals surface area contributed by atoms with Gasteiger partial charge in [0, 0.05) is 18.1 Å². The average molecular weight is 289 g/mol. The van der Waals surface area contributed by atoms with E-state index in [1.165, 1.54) is 19.4 Å². The Hall–Kier alpha value is -1.14. The number of methoxy groups -OCH3 is 1. The Morgan fingerprint density at radius 3 is 2.58 bits per heavy atom. The minimum Gasteiger partial charge on any atom is -0.494 e. The van der Waals surface area contributed by atoms with Crippen molar-refractivity contribution in [2.24, 2.45) is 0 Å². The van der Waals surface area contributed by atoms with Crippen LogP contribution in [0, 0.1) is 5.82 Å². The molecule has 1 rings (SSSR count). The van der Waals surface area contributed by atoms with Gasteiger partial charge in [0.25, 0.3) is 0 Å². The van der Waals surface area contributed by atoms with E-state index in [4.69, 9.17) is 4.74 Å². The summed E-state index contributed by atoms with van der Waals surface area (Å²) in [7, 11) is 0.237. The third-order valence-electron chi connectivity index (χ3n) is 2.93. The Labute approximate surface area is 113 Å². The first-order valence-electron chi connectivity index (χ1n) is 6.06. The predicted molar refractivity (Wildman–Crippen MR) is 73.7 cm³/mol. The van der Waals surface area contributed by atoms with Crippen LogP contribution >= 0.6 is 0 Å². The van der Waals surface area contributed by atoms with E-state index in [1.54, 1.807) is 19.2 Å². The quantitative estimate of drug-likeness (QED) is 0.833. The van der Waals surface area contributed by atoms with Gasteiger partial charge in [0.1, 0.15) is 9.84 Å². The summed E-state index contributed by atoms with van der Waals surface area (Å²) in [4.78, 5) is 0. The summed E-state index contributed by atoms with van der Waals surface area (Å²) in [6.45, 7) is 0. The summed E-state index contributed by atoms with van der Waals surface area (Å²) < 4.78 is 40.6. The van der Waals surface area contributed by atoms with Crippen molar-refractivity contribution in [3.05, 3.63) is 29.6 Å². The Kier molecular flexibility index (Phi) is 5.75. The normalized spacial score (nSPS) is 13.3. The zero-order valence-electron chi connectivity index (χ0n) is 11.4. The molecule has 1 N–H and O–H groups in total. The maximum Gasteiger partial charge on any atom is 0.165 e. The lowest BCUT2D eigenvalue weighted by atomic mass is 10.0. The highest BCUT2D eigenvalue weighted by Crippen LogP contribution is 2.24. The van der Waals surface area contributed by atoms with Gasteiger partial charge < -0.3 is 10.1 Å². The van der Waals surface area contributed by atoms with E-state index in [-0.39, 0.29) is 17.5 Å². The fraction of sp³-hybridized carbons (Fsp3) is 0.538. The Balaban J connectivity index is 2.72. The molecule has 6 heteroatoms. The van der Waals surface area contributed by atoms with E-state index in [9.17, 15) is 12.8 Å². The van der Waals surface area contributed by atoms with Gasteiger partial charge in [-0.2, -0.15) is 0 Å². The van der Waals surface area contributed by atoms with Crippen LogP contribution in [0.3, 0.4) is 0 Å². The fourth-order valence-electron chi connectivity index (χ4n) is 1.93. The minimum atomic E-state index is -2.95. The second-order valence-corrected chi connectivity index (χ2v) is 6.77. The highest BCUT2D eigenvalue weighted by molar-refractivity contribution is 7.90. The smallest absolute Gasteiger partial charge is 0.165 e. The van der Waals surface area contributed by atoms with Crippen LogP contribution in [0.1, 0.15) is 24.4 Å². The minimum absolute atomic E-state index is 0.0674. The van der Waals surface area contributed by atoms with Crippen molar-refractivity contribution >= 4 is 9.84 Å². The zero-order valence-corrected chi connectivity index (χ0v) is 12.3. The number of halogens is 1. The summed E-state index contributed by atoms with van der Waals surface area (Å²) in [5.74, 6) is -0.0674. The zero-order chi connectivity index (χ0) is 14.5. The topological polar surface area (TPSA) is 55.4 Å². The van der Waals surface area contributed by atoms with Gasteiger partial charge in [0.2, 0.25) is 0 Å². The van der Waals surface area contributed by atoms with Gasteiger partial charge in [-0.25, -0.2) is 12.8 Å². The van der Waals surface area contributed by atoms with Crippen LogP contribution in [-0.2, 0) is 9.84 Å². The molecule has 0 radical (unpaired) electrons. The van der Waals surface area contributed by atoms with Crippen molar-refractivity contribution in [2.45, 2.75) is 18.9 Å². The lowest BCUT2D eigenvalue weighted by Gasteiger charge is -2.17. The second-order valence-electron chi connectivity index (χ2n) is 4.51. The molecule has 0 aliphatic carbocycles. The molecule has 1 aromatic carbocycles. The van der Waals surface area contributed by atoms with E-state index in [0.717, 1.165) is 5.56 Å². The van der Waals surface area contributed by atoms with Crippen molar-refractivity contribution in [3.8, 4) is 5.75 Å². The summed E-state index contributed by atoms with van der Waals surface area (Å²) in [6.07, 6.45) is 2.39. The van der Waals surface area contributed by atoms with Crippen LogP contribution < -0.4 is 10.1 Å². The molecule has 0 aliphatic rings. The van der Waals surface area contributed by atoms with Gasteiger partial charge in [-0.3, -0.25) is 0 Å². The maximum absolute atomic E-state index is 13.6. The molecule has 0 fully saturated rings. The van der Waals surface area contributed by atoms with Gasteiger partial charge >= 0.3 is 0 Å². The third kappa shape index (κ3) is 5.16. The summed E-state index contributed by atoms with van der Waals surface area (Å²) in [5.41, 5.74) is 0.786. The van der Waals surface area contributed by atoms with Gasteiger partial charge in [-0.1, -0.05) is 6.07 Å². The number of hydrogen-bond donors (Lipinski definition) is 1. The SMILES string of the molecule is CNC(CCCS(C)(=O)=O)c1ccc(OC)c(F)c1. The summed E-state index contributed by atoms with van der Waals surface area (Å²) in [6, 6.07) is 4.71. The van der Waals surface area contributed by atoms with Crippen LogP contribution in [0.4, 0.5) is 4.39 Å². The van der Waals surface area contributed by atoms with Crippen LogP contribution in [0.5, 0.6) is 5.75 Å². The molecule has 1 unspecified atom stereocenters. The first kappa shape index (κ1) is 15.9. The monoisotopic (exact) mass is 289 g/mol. The molecule has 0 aliphatic heterocycles. The number of benzene rings is 1. The lowest BCUT2D eigenvalue weighted by Crippen LogP contribution is -2.18. The lowest BCUT2D eigenvalue weighted by molar-refractivity contribution is 0.385. The van der Waals surface area contributed by atoms with Gasteiger partial charge in [-0.05, 0) is 37.6 Å². The standard InChI is InChI=1S/C13H20FNO3S/c1-15-12(5-4-8-19(3,16)17)10-6-7-13(18-2)11(14)9-10/h6-7,9,12,15H,4-5,8H2,1-3H3. The number of sulfone groups is 1. The van der Waals surface area contributed by atoms with Crippen molar-refractivity contribution in [2.75, 3.05) is 26.2 Å². The molecule has 0 saturated carbocycles. The van der Waals surface area contributed by atoms with Crippen molar-refractivity contribution < 1.29 is 17.5 Å². The Morgan fingerprint density at radius 2 is 2.11 bits per heavy atom. The molecule has 19 heavy (non-hydrogen) atoms. The predicted octanol–water partition coefficient (Wildman–Crippen LogP) is 1.92. The molecule has 108 valence electrons. The molecule has 0 saturated heterocycles. The Bertz CT molecular complexity index is 517. The summed E-state index contributed by atoms with van der Waals surface area (Å²) >= 11 is 0. The highest BCUT2D eigenvalue weighted by Gasteiger charge is 2.13. The van der Waals surface area contributed by atoms with E-state index < -0.39 is 15.7 Å². The molecule has 0 spiro atoms. The van der Waals surface area contributed by atoms with E-state index in [1.807, 2.05) is 0 Å². The van der Waals surface area contributed by atoms with E-state index in [2.05, 4.69) is 5.32 Å². The molecular weight excluding hydrogens is 269 g/mol. The molecule has 0 aromatic heterocycles. The van der Waals surface area contributed by atoms with E-state index in [0.29, 0.717) is 12.8 Å². The van der Waals surface area contributed by atoms with Crippen LogP contribution in [-0.4, -0.2) is 34.6 Å². The summed E-state index contributed by atoms with van der Waals surface area (Å²) in [5, 5.41) is 3.07. The third-order valence-corrected chi connectivity index (χ3v) is 3.96. The van der Waals surface area contributed by atoms with Gasteiger partial charge in [-0.15, -0.1) is 0 Å². The first-order valence-corrected chi connectivity index (χ1v) is 8.12. The molecule has 1 aromatic rings. The molecule has 0 heterocycles. The van der Waals surface area contributed by atoms with Crippen molar-refractivity contribution in [1.82, 2.24) is 5.32 Å².